The molecule has 1 aromatic carbocycles. The van der Waals surface area contributed by atoms with E-state index in [-0.39, 0.29) is 16.6 Å². The minimum Gasteiger partial charge on any atom is -0.441 e. The lowest BCUT2D eigenvalue weighted by Gasteiger charge is -2.08. The van der Waals surface area contributed by atoms with Gasteiger partial charge in [0.05, 0.1) is 5.02 Å². The van der Waals surface area contributed by atoms with Crippen molar-refractivity contribution in [1.82, 2.24) is 29.3 Å². The molecule has 3 heterocycles. The van der Waals surface area contributed by atoms with E-state index in [9.17, 15) is 9.18 Å². The third kappa shape index (κ3) is 2.68. The highest BCUT2D eigenvalue weighted by Crippen LogP contribution is 2.28. The van der Waals surface area contributed by atoms with E-state index in [0.717, 1.165) is 0 Å². The van der Waals surface area contributed by atoms with Crippen LogP contribution in [-0.4, -0.2) is 29.3 Å². The van der Waals surface area contributed by atoms with Crippen LogP contribution in [0.1, 0.15) is 5.56 Å². The Morgan fingerprint density at radius 3 is 2.85 bits per heavy atom. The molecular weight excluding hydrogens is 363 g/mol. The van der Waals surface area contributed by atoms with E-state index in [0.29, 0.717) is 16.9 Å². The highest BCUT2D eigenvalue weighted by atomic mass is 35.5. The summed E-state index contributed by atoms with van der Waals surface area (Å²) >= 11 is 5.71. The average Bonchev–Trinajstić information content (AvgIpc) is 3.30. The van der Waals surface area contributed by atoms with Crippen LogP contribution < -0.4 is 5.69 Å². The second-order valence-electron chi connectivity index (χ2n) is 5.37. The van der Waals surface area contributed by atoms with Crippen LogP contribution in [0.2, 0.25) is 5.02 Å². The van der Waals surface area contributed by atoms with Crippen LogP contribution in [0, 0.1) is 12.7 Å². The predicted molar refractivity (Wildman–Crippen MR) is 90.0 cm³/mol. The van der Waals surface area contributed by atoms with Crippen molar-refractivity contribution in [3.63, 3.8) is 0 Å². The predicted octanol–water partition coefficient (Wildman–Crippen LogP) is 2.57. The SMILES string of the molecule is Cc1cn(-c2ncoc2-c2ccc(Cl)c(F)c2)c(=O)nc1-n1cncn1. The molecule has 26 heavy (non-hydrogen) atoms. The Labute approximate surface area is 150 Å². The smallest absolute Gasteiger partial charge is 0.355 e. The van der Waals surface area contributed by atoms with Crippen LogP contribution in [-0.2, 0) is 0 Å². The van der Waals surface area contributed by atoms with Crippen LogP contribution in [0.3, 0.4) is 0 Å². The average molecular weight is 373 g/mol. The second kappa shape index (κ2) is 6.19. The van der Waals surface area contributed by atoms with Gasteiger partial charge in [0.1, 0.15) is 18.5 Å². The number of oxazole rings is 1. The van der Waals surface area contributed by atoms with Crippen molar-refractivity contribution in [3.05, 3.63) is 70.3 Å². The number of aromatic nitrogens is 6. The van der Waals surface area contributed by atoms with Gasteiger partial charge in [-0.15, -0.1) is 0 Å². The maximum Gasteiger partial charge on any atom is 0.355 e. The van der Waals surface area contributed by atoms with Crippen LogP contribution in [0.15, 0.2) is 52.7 Å². The largest absolute Gasteiger partial charge is 0.441 e. The molecule has 0 aliphatic heterocycles. The Morgan fingerprint density at radius 1 is 1.27 bits per heavy atom. The van der Waals surface area contributed by atoms with Crippen molar-refractivity contribution in [2.75, 3.05) is 0 Å². The molecular formula is C16H10ClFN6O2. The van der Waals surface area contributed by atoms with E-state index in [1.165, 1.54) is 40.4 Å². The summed E-state index contributed by atoms with van der Waals surface area (Å²) in [6.45, 7) is 1.77. The highest BCUT2D eigenvalue weighted by molar-refractivity contribution is 6.30. The van der Waals surface area contributed by atoms with Gasteiger partial charge in [-0.1, -0.05) is 11.6 Å². The van der Waals surface area contributed by atoms with Crippen molar-refractivity contribution in [2.24, 2.45) is 0 Å². The molecule has 0 atom stereocenters. The van der Waals surface area contributed by atoms with Crippen molar-refractivity contribution in [3.8, 4) is 23.0 Å². The molecule has 3 aromatic heterocycles. The van der Waals surface area contributed by atoms with Gasteiger partial charge in [-0.25, -0.2) is 23.4 Å². The Hall–Kier alpha value is -3.33. The van der Waals surface area contributed by atoms with Gasteiger partial charge in [0, 0.05) is 17.3 Å². The standard InChI is InChI=1S/C16H10ClFN6O2/c1-9-5-23(16(25)22-14(9)24-7-19-6-21-24)15-13(26-8-20-15)10-2-3-11(17)12(18)4-10/h2-8H,1H3. The number of benzene rings is 1. The van der Waals surface area contributed by atoms with Crippen LogP contribution >= 0.6 is 11.6 Å². The molecule has 0 spiro atoms. The molecule has 4 aromatic rings. The first-order chi connectivity index (χ1) is 12.5. The lowest BCUT2D eigenvalue weighted by molar-refractivity contribution is 0.569. The topological polar surface area (TPSA) is 91.6 Å². The quantitative estimate of drug-likeness (QED) is 0.549. The summed E-state index contributed by atoms with van der Waals surface area (Å²) in [6.07, 6.45) is 5.51. The van der Waals surface area contributed by atoms with Gasteiger partial charge < -0.3 is 4.42 Å². The monoisotopic (exact) mass is 372 g/mol. The number of rotatable bonds is 3. The Kier molecular flexibility index (Phi) is 3.85. The number of aryl methyl sites for hydroxylation is 1. The van der Waals surface area contributed by atoms with E-state index in [1.54, 1.807) is 19.2 Å². The maximum atomic E-state index is 13.8. The molecule has 0 amide bonds. The van der Waals surface area contributed by atoms with Crippen molar-refractivity contribution < 1.29 is 8.81 Å². The lowest BCUT2D eigenvalue weighted by atomic mass is 10.1. The third-order valence-electron chi connectivity index (χ3n) is 3.68. The summed E-state index contributed by atoms with van der Waals surface area (Å²) in [4.78, 5) is 24.4. The first kappa shape index (κ1) is 16.2. The van der Waals surface area contributed by atoms with Gasteiger partial charge in [-0.2, -0.15) is 15.1 Å². The third-order valence-corrected chi connectivity index (χ3v) is 3.98. The van der Waals surface area contributed by atoms with Gasteiger partial charge in [-0.05, 0) is 25.1 Å². The number of nitrogens with zero attached hydrogens (tertiary/aromatic N) is 6. The van der Waals surface area contributed by atoms with E-state index in [2.05, 4.69) is 20.1 Å². The molecule has 0 aliphatic rings. The van der Waals surface area contributed by atoms with Gasteiger partial charge in [0.2, 0.25) is 0 Å². The van der Waals surface area contributed by atoms with E-state index >= 15 is 0 Å². The molecule has 4 rings (SSSR count). The number of hydrogen-bond acceptors (Lipinski definition) is 6. The fraction of sp³-hybridized carbons (Fsp3) is 0.0625. The van der Waals surface area contributed by atoms with Crippen LogP contribution in [0.5, 0.6) is 0 Å². The molecule has 0 fully saturated rings. The summed E-state index contributed by atoms with van der Waals surface area (Å²) in [5.41, 5.74) is 0.460. The van der Waals surface area contributed by atoms with Gasteiger partial charge in [0.15, 0.2) is 23.8 Å². The van der Waals surface area contributed by atoms with Crippen molar-refractivity contribution in [2.45, 2.75) is 6.92 Å². The lowest BCUT2D eigenvalue weighted by Crippen LogP contribution is -2.24. The Morgan fingerprint density at radius 2 is 2.12 bits per heavy atom. The molecule has 0 aliphatic carbocycles. The maximum absolute atomic E-state index is 13.8. The minimum atomic E-state index is -0.602. The summed E-state index contributed by atoms with van der Waals surface area (Å²) in [5, 5.41) is 3.96. The number of halogens is 2. The Balaban J connectivity index is 1.85. The second-order valence-corrected chi connectivity index (χ2v) is 5.78. The fourth-order valence-electron chi connectivity index (χ4n) is 2.49. The number of hydrogen-bond donors (Lipinski definition) is 0. The van der Waals surface area contributed by atoms with Gasteiger partial charge >= 0.3 is 5.69 Å². The normalized spacial score (nSPS) is 11.0. The molecule has 10 heteroatoms. The highest BCUT2D eigenvalue weighted by Gasteiger charge is 2.18. The molecule has 0 N–H and O–H groups in total. The van der Waals surface area contributed by atoms with E-state index in [1.807, 2.05) is 0 Å². The molecule has 0 unspecified atom stereocenters. The molecule has 8 nitrogen and oxygen atoms in total. The van der Waals surface area contributed by atoms with Crippen LogP contribution in [0.25, 0.3) is 23.0 Å². The summed E-state index contributed by atoms with van der Waals surface area (Å²) in [6, 6.07) is 4.19. The summed E-state index contributed by atoms with van der Waals surface area (Å²) in [5.74, 6) is 0.163. The van der Waals surface area contributed by atoms with Crippen molar-refractivity contribution in [1.29, 1.82) is 0 Å². The van der Waals surface area contributed by atoms with Crippen molar-refractivity contribution >= 4 is 11.6 Å². The Bertz CT molecular complexity index is 1150. The van der Waals surface area contributed by atoms with Gasteiger partial charge in [-0.3, -0.25) is 0 Å². The van der Waals surface area contributed by atoms with Crippen LogP contribution in [0.4, 0.5) is 4.39 Å². The zero-order valence-electron chi connectivity index (χ0n) is 13.3. The first-order valence-electron chi connectivity index (χ1n) is 7.39. The molecule has 0 saturated heterocycles. The van der Waals surface area contributed by atoms with E-state index < -0.39 is 11.5 Å². The fourth-order valence-corrected chi connectivity index (χ4v) is 2.60. The summed E-state index contributed by atoms with van der Waals surface area (Å²) in [7, 11) is 0. The first-order valence-corrected chi connectivity index (χ1v) is 7.77. The van der Waals surface area contributed by atoms with Gasteiger partial charge in [0.25, 0.3) is 0 Å². The zero-order chi connectivity index (χ0) is 18.3. The zero-order valence-corrected chi connectivity index (χ0v) is 14.1. The molecule has 130 valence electrons. The molecule has 0 bridgehead atoms. The molecule has 0 saturated carbocycles. The molecule has 0 radical (unpaired) electrons. The van der Waals surface area contributed by atoms with E-state index in [4.69, 9.17) is 16.0 Å². The summed E-state index contributed by atoms with van der Waals surface area (Å²) < 4.78 is 21.7. The minimum absolute atomic E-state index is 0.0123.